The van der Waals surface area contributed by atoms with Crippen molar-refractivity contribution in [2.75, 3.05) is 0 Å². The van der Waals surface area contributed by atoms with E-state index in [1.54, 1.807) is 0 Å². The van der Waals surface area contributed by atoms with Gasteiger partial charge in [-0.1, -0.05) is 121 Å². The SMILES string of the molecule is c1ccc(-c2nc3ccc4ccc5ccc6cc(-c7nc(-c8ccc9oc%10ccccc%10c9c8)nc(-c8cccc9ccccc89)n7)ccc6c5c4c3o2)cc1. The average molecular weight is 717 g/mol. The van der Waals surface area contributed by atoms with Crippen LogP contribution in [0.2, 0.25) is 0 Å². The Morgan fingerprint density at radius 3 is 1.88 bits per heavy atom. The molecule has 0 saturated carbocycles. The minimum absolute atomic E-state index is 0.594. The van der Waals surface area contributed by atoms with Crippen molar-refractivity contribution in [2.45, 2.75) is 0 Å². The molecule has 0 radical (unpaired) electrons. The maximum atomic E-state index is 6.56. The van der Waals surface area contributed by atoms with Gasteiger partial charge in [0.2, 0.25) is 5.89 Å². The summed E-state index contributed by atoms with van der Waals surface area (Å²) in [5.74, 6) is 2.42. The maximum Gasteiger partial charge on any atom is 0.227 e. The first-order chi connectivity index (χ1) is 27.7. The Morgan fingerprint density at radius 2 is 1.00 bits per heavy atom. The van der Waals surface area contributed by atoms with E-state index in [4.69, 9.17) is 28.8 Å². The highest BCUT2D eigenvalue weighted by Crippen LogP contribution is 2.40. The Hall–Kier alpha value is -7.70. The molecule has 0 N–H and O–H groups in total. The number of hydrogen-bond donors (Lipinski definition) is 0. The topological polar surface area (TPSA) is 77.8 Å². The molecule has 0 amide bonds. The number of fused-ring (bicyclic) bond motifs is 11. The van der Waals surface area contributed by atoms with Crippen LogP contribution in [0.25, 0.3) is 122 Å². The maximum absolute atomic E-state index is 6.56. The molecule has 260 valence electrons. The highest BCUT2D eigenvalue weighted by atomic mass is 16.3. The van der Waals surface area contributed by atoms with Gasteiger partial charge in [0, 0.05) is 43.8 Å². The van der Waals surface area contributed by atoms with E-state index in [9.17, 15) is 0 Å². The normalized spacial score (nSPS) is 11.9. The van der Waals surface area contributed by atoms with E-state index in [1.165, 1.54) is 0 Å². The largest absolute Gasteiger partial charge is 0.456 e. The van der Waals surface area contributed by atoms with Crippen molar-refractivity contribution in [2.24, 2.45) is 0 Å². The number of para-hydroxylation sites is 1. The van der Waals surface area contributed by atoms with Gasteiger partial charge in [-0.25, -0.2) is 19.9 Å². The third-order valence-corrected chi connectivity index (χ3v) is 10.9. The van der Waals surface area contributed by atoms with E-state index in [0.717, 1.165) is 98.4 Å². The Bertz CT molecular complexity index is 3540. The van der Waals surface area contributed by atoms with Crippen LogP contribution in [0.15, 0.2) is 179 Å². The molecule has 12 aromatic rings. The van der Waals surface area contributed by atoms with Crippen LogP contribution in [0.3, 0.4) is 0 Å². The molecule has 0 aliphatic heterocycles. The number of aromatic nitrogens is 4. The molecule has 12 rings (SSSR count). The molecule has 56 heavy (non-hydrogen) atoms. The summed E-state index contributed by atoms with van der Waals surface area (Å²) in [5, 5.41) is 10.9. The van der Waals surface area contributed by atoms with Gasteiger partial charge in [0.25, 0.3) is 0 Å². The summed E-state index contributed by atoms with van der Waals surface area (Å²) in [4.78, 5) is 20.4. The molecule has 0 aliphatic carbocycles. The van der Waals surface area contributed by atoms with Gasteiger partial charge in [0.1, 0.15) is 16.7 Å². The Morgan fingerprint density at radius 1 is 0.339 bits per heavy atom. The third kappa shape index (κ3) is 4.76. The van der Waals surface area contributed by atoms with E-state index in [0.29, 0.717) is 23.4 Å². The number of oxazole rings is 1. The minimum Gasteiger partial charge on any atom is -0.456 e. The van der Waals surface area contributed by atoms with Crippen LogP contribution in [0, 0.1) is 0 Å². The fourth-order valence-corrected chi connectivity index (χ4v) is 8.23. The number of benzene rings is 9. The molecular formula is C50H28N4O2. The summed E-state index contributed by atoms with van der Waals surface area (Å²) < 4.78 is 12.7. The molecule has 6 heteroatoms. The first-order valence-electron chi connectivity index (χ1n) is 18.6. The molecule has 0 spiro atoms. The molecule has 0 saturated heterocycles. The Balaban J connectivity index is 1.07. The monoisotopic (exact) mass is 716 g/mol. The van der Waals surface area contributed by atoms with Crippen molar-refractivity contribution in [3.63, 3.8) is 0 Å². The number of rotatable bonds is 4. The van der Waals surface area contributed by atoms with Crippen LogP contribution >= 0.6 is 0 Å². The van der Waals surface area contributed by atoms with Gasteiger partial charge < -0.3 is 8.83 Å². The van der Waals surface area contributed by atoms with Crippen LogP contribution in [0.4, 0.5) is 0 Å². The molecule has 6 nitrogen and oxygen atoms in total. The average Bonchev–Trinajstić information content (AvgIpc) is 3.88. The lowest BCUT2D eigenvalue weighted by Gasteiger charge is -2.12. The standard InChI is InChI=1S/C50H28N4O2/c1-2-10-32(11-3-1)50-51-41-25-22-31-18-17-30-19-20-33-27-34(21-24-37(33)44(30)45(31)46(41)56-50)47-52-48(35-23-26-43-40(28-35)38-14-6-7-16-42(38)55-43)54-49(53-47)39-15-8-12-29-9-4-5-13-36(29)39/h1-28H. The zero-order chi connectivity index (χ0) is 36.7. The lowest BCUT2D eigenvalue weighted by molar-refractivity contribution is 0.623. The molecule has 0 bridgehead atoms. The lowest BCUT2D eigenvalue weighted by atomic mass is 9.95. The molecular weight excluding hydrogens is 689 g/mol. The second kappa shape index (κ2) is 11.9. The van der Waals surface area contributed by atoms with Gasteiger partial charge in [-0.15, -0.1) is 0 Å². The summed E-state index contributed by atoms with van der Waals surface area (Å²) in [7, 11) is 0. The number of furan rings is 1. The molecule has 0 aliphatic rings. The van der Waals surface area contributed by atoms with Crippen LogP contribution in [0.5, 0.6) is 0 Å². The van der Waals surface area contributed by atoms with Crippen molar-refractivity contribution in [1.82, 2.24) is 19.9 Å². The summed E-state index contributed by atoms with van der Waals surface area (Å²) in [6, 6.07) is 58.3. The Kier molecular flexibility index (Phi) is 6.53. The van der Waals surface area contributed by atoms with Crippen molar-refractivity contribution < 1.29 is 8.83 Å². The molecule has 3 heterocycles. The molecule has 0 atom stereocenters. The summed E-state index contributed by atoms with van der Waals surface area (Å²) >= 11 is 0. The van der Waals surface area contributed by atoms with E-state index in [2.05, 4.69) is 103 Å². The first kappa shape index (κ1) is 30.7. The highest BCUT2D eigenvalue weighted by molar-refractivity contribution is 6.26. The fourth-order valence-electron chi connectivity index (χ4n) is 8.23. The fraction of sp³-hybridized carbons (Fsp3) is 0. The van der Waals surface area contributed by atoms with Crippen LogP contribution in [-0.2, 0) is 0 Å². The van der Waals surface area contributed by atoms with Crippen LogP contribution in [-0.4, -0.2) is 19.9 Å². The van der Waals surface area contributed by atoms with Gasteiger partial charge in [-0.2, -0.15) is 0 Å². The highest BCUT2D eigenvalue weighted by Gasteiger charge is 2.18. The van der Waals surface area contributed by atoms with Gasteiger partial charge in [-0.05, 0) is 80.8 Å². The second-order valence-electron chi connectivity index (χ2n) is 14.2. The first-order valence-corrected chi connectivity index (χ1v) is 18.6. The quantitative estimate of drug-likeness (QED) is 0.169. The lowest BCUT2D eigenvalue weighted by Crippen LogP contribution is -2.00. The summed E-state index contributed by atoms with van der Waals surface area (Å²) in [5.41, 5.74) is 6.98. The molecule has 9 aromatic carbocycles. The van der Waals surface area contributed by atoms with Gasteiger partial charge >= 0.3 is 0 Å². The van der Waals surface area contributed by atoms with Crippen LogP contribution in [0.1, 0.15) is 0 Å². The zero-order valence-electron chi connectivity index (χ0n) is 29.8. The van der Waals surface area contributed by atoms with Gasteiger partial charge in [-0.3, -0.25) is 0 Å². The molecule has 0 fully saturated rings. The zero-order valence-corrected chi connectivity index (χ0v) is 29.8. The third-order valence-electron chi connectivity index (χ3n) is 10.9. The predicted octanol–water partition coefficient (Wildman–Crippen LogP) is 13.2. The molecule has 3 aromatic heterocycles. The number of hydrogen-bond acceptors (Lipinski definition) is 6. The minimum atomic E-state index is 0.594. The van der Waals surface area contributed by atoms with E-state index < -0.39 is 0 Å². The van der Waals surface area contributed by atoms with Crippen molar-refractivity contribution in [3.05, 3.63) is 170 Å². The smallest absolute Gasteiger partial charge is 0.227 e. The van der Waals surface area contributed by atoms with Crippen molar-refractivity contribution >= 4 is 76.1 Å². The van der Waals surface area contributed by atoms with Crippen LogP contribution < -0.4 is 0 Å². The van der Waals surface area contributed by atoms with E-state index >= 15 is 0 Å². The van der Waals surface area contributed by atoms with E-state index in [1.807, 2.05) is 66.7 Å². The van der Waals surface area contributed by atoms with E-state index in [-0.39, 0.29) is 0 Å². The van der Waals surface area contributed by atoms with Crippen molar-refractivity contribution in [1.29, 1.82) is 0 Å². The molecule has 0 unspecified atom stereocenters. The Labute approximate surface area is 319 Å². The van der Waals surface area contributed by atoms with Crippen molar-refractivity contribution in [3.8, 4) is 45.6 Å². The summed E-state index contributed by atoms with van der Waals surface area (Å²) in [6.07, 6.45) is 0. The summed E-state index contributed by atoms with van der Waals surface area (Å²) in [6.45, 7) is 0. The number of nitrogens with zero attached hydrogens (tertiary/aromatic N) is 4. The predicted molar refractivity (Wildman–Crippen MR) is 226 cm³/mol. The van der Waals surface area contributed by atoms with Gasteiger partial charge in [0.05, 0.1) is 0 Å². The van der Waals surface area contributed by atoms with Gasteiger partial charge in [0.15, 0.2) is 23.1 Å². The second-order valence-corrected chi connectivity index (χ2v) is 14.2.